The van der Waals surface area contributed by atoms with E-state index in [4.69, 9.17) is 0 Å². The van der Waals surface area contributed by atoms with Gasteiger partial charge in [-0.1, -0.05) is 0 Å². The van der Waals surface area contributed by atoms with Crippen LogP contribution in [0.3, 0.4) is 0 Å². The highest BCUT2D eigenvalue weighted by atomic mass is 16.3. The van der Waals surface area contributed by atoms with E-state index >= 15 is 0 Å². The van der Waals surface area contributed by atoms with Crippen LogP contribution in [0.4, 0.5) is 0 Å². The fraction of sp³-hybridized carbons (Fsp3) is 0. The monoisotopic (exact) mass is 134 g/mol. The smallest absolute Gasteiger partial charge is 0.284 e. The van der Waals surface area contributed by atoms with E-state index < -0.39 is 0 Å². The second-order valence-electron chi connectivity index (χ2n) is 1.81. The number of aromatic nitrogens is 3. The summed E-state index contributed by atoms with van der Waals surface area (Å²) >= 11 is 0. The van der Waals surface area contributed by atoms with Gasteiger partial charge in [0.2, 0.25) is 0 Å². The Morgan fingerprint density at radius 3 is 3.20 bits per heavy atom. The number of nitrogens with zero attached hydrogens (tertiary/aromatic N) is 2. The van der Waals surface area contributed by atoms with Gasteiger partial charge in [0, 0.05) is 11.8 Å². The summed E-state index contributed by atoms with van der Waals surface area (Å²) in [6, 6.07) is 0. The van der Waals surface area contributed by atoms with Crippen LogP contribution in [0, 0.1) is 6.39 Å². The molecule has 0 bridgehead atoms. The van der Waals surface area contributed by atoms with E-state index in [1.54, 1.807) is 12.4 Å². The van der Waals surface area contributed by atoms with Crippen molar-refractivity contribution in [2.75, 3.05) is 0 Å². The molecule has 2 rings (SSSR count). The molecular formula is C6H4N3O. The summed E-state index contributed by atoms with van der Waals surface area (Å²) < 4.78 is 4.66. The van der Waals surface area contributed by atoms with Gasteiger partial charge >= 0.3 is 0 Å². The van der Waals surface area contributed by atoms with Crippen LogP contribution in [-0.4, -0.2) is 15.2 Å². The molecule has 2 heterocycles. The molecular weight excluding hydrogens is 130 g/mol. The Kier molecular flexibility index (Phi) is 1.04. The molecule has 2 aromatic rings. The minimum atomic E-state index is 0.744. The molecule has 0 aromatic carbocycles. The van der Waals surface area contributed by atoms with E-state index in [2.05, 4.69) is 26.0 Å². The number of oxazole rings is 1. The molecule has 0 fully saturated rings. The summed E-state index contributed by atoms with van der Waals surface area (Å²) in [5, 5.41) is 6.43. The van der Waals surface area contributed by atoms with Gasteiger partial charge in [-0.2, -0.15) is 5.10 Å². The molecule has 0 saturated heterocycles. The second-order valence-corrected chi connectivity index (χ2v) is 1.81. The molecule has 0 aliphatic rings. The highest BCUT2D eigenvalue weighted by molar-refractivity contribution is 5.54. The summed E-state index contributed by atoms with van der Waals surface area (Å²) in [7, 11) is 0. The number of H-pyrrole nitrogens is 1. The molecule has 0 spiro atoms. The van der Waals surface area contributed by atoms with E-state index in [1.165, 1.54) is 6.26 Å². The fourth-order valence-corrected chi connectivity index (χ4v) is 0.708. The summed E-state index contributed by atoms with van der Waals surface area (Å²) in [5.74, 6) is 0. The first-order valence-electron chi connectivity index (χ1n) is 2.77. The Morgan fingerprint density at radius 1 is 1.60 bits per heavy atom. The Hall–Kier alpha value is -1.58. The fourth-order valence-electron chi connectivity index (χ4n) is 0.708. The third-order valence-corrected chi connectivity index (χ3v) is 1.18. The van der Waals surface area contributed by atoms with Gasteiger partial charge in [-0.25, -0.2) is 4.98 Å². The van der Waals surface area contributed by atoms with Crippen LogP contribution in [0.5, 0.6) is 0 Å². The molecule has 0 amide bonds. The summed E-state index contributed by atoms with van der Waals surface area (Å²) in [6.07, 6.45) is 7.28. The van der Waals surface area contributed by atoms with Crippen molar-refractivity contribution < 1.29 is 4.42 Å². The van der Waals surface area contributed by atoms with E-state index in [0.717, 1.165) is 11.3 Å². The van der Waals surface area contributed by atoms with Crippen molar-refractivity contribution >= 4 is 0 Å². The lowest BCUT2D eigenvalue weighted by atomic mass is 10.3. The lowest BCUT2D eigenvalue weighted by Crippen LogP contribution is -1.69. The standard InChI is InChI=1S/C6H4N3O/c1-5(2-9-8-1)6-3-10-4-7-6/h1-3H,(H,8,9). The average Bonchev–Trinajstić information content (AvgIpc) is 2.59. The van der Waals surface area contributed by atoms with Gasteiger partial charge in [-0.3, -0.25) is 5.10 Å². The molecule has 2 aromatic heterocycles. The molecule has 0 unspecified atom stereocenters. The van der Waals surface area contributed by atoms with Gasteiger partial charge in [0.1, 0.15) is 12.0 Å². The molecule has 4 heteroatoms. The van der Waals surface area contributed by atoms with Crippen molar-refractivity contribution in [1.29, 1.82) is 0 Å². The van der Waals surface area contributed by atoms with E-state index in [0.29, 0.717) is 0 Å². The summed E-state index contributed by atoms with van der Waals surface area (Å²) in [4.78, 5) is 3.81. The molecule has 0 saturated carbocycles. The largest absolute Gasteiger partial charge is 0.440 e. The van der Waals surface area contributed by atoms with E-state index in [1.807, 2.05) is 0 Å². The Balaban J connectivity index is 2.48. The lowest BCUT2D eigenvalue weighted by Gasteiger charge is -1.80. The molecule has 1 radical (unpaired) electrons. The zero-order valence-electron chi connectivity index (χ0n) is 5.03. The van der Waals surface area contributed by atoms with Crippen molar-refractivity contribution in [2.45, 2.75) is 0 Å². The maximum Gasteiger partial charge on any atom is 0.284 e. The van der Waals surface area contributed by atoms with Crippen LogP contribution in [0.15, 0.2) is 23.1 Å². The van der Waals surface area contributed by atoms with Gasteiger partial charge in [0.05, 0.1) is 6.20 Å². The lowest BCUT2D eigenvalue weighted by molar-refractivity contribution is 0.548. The average molecular weight is 134 g/mol. The van der Waals surface area contributed by atoms with Gasteiger partial charge in [-0.05, 0) is 0 Å². The predicted octanol–water partition coefficient (Wildman–Crippen LogP) is 0.865. The molecule has 49 valence electrons. The first-order chi connectivity index (χ1) is 4.97. The van der Waals surface area contributed by atoms with Crippen LogP contribution in [0.25, 0.3) is 11.3 Å². The zero-order chi connectivity index (χ0) is 6.81. The highest BCUT2D eigenvalue weighted by Crippen LogP contribution is 2.12. The van der Waals surface area contributed by atoms with Crippen molar-refractivity contribution in [1.82, 2.24) is 15.2 Å². The Labute approximate surface area is 56.9 Å². The van der Waals surface area contributed by atoms with Crippen molar-refractivity contribution in [2.24, 2.45) is 0 Å². The van der Waals surface area contributed by atoms with Crippen molar-refractivity contribution in [3.05, 3.63) is 25.1 Å². The summed E-state index contributed by atoms with van der Waals surface area (Å²) in [5.41, 5.74) is 1.65. The topological polar surface area (TPSA) is 54.7 Å². The van der Waals surface area contributed by atoms with Gasteiger partial charge in [0.15, 0.2) is 0 Å². The number of nitrogens with one attached hydrogen (secondary N) is 1. The predicted molar refractivity (Wildman–Crippen MR) is 32.9 cm³/mol. The summed E-state index contributed by atoms with van der Waals surface area (Å²) in [6.45, 7) is 0. The maximum atomic E-state index is 4.66. The number of hydrogen-bond acceptors (Lipinski definition) is 3. The molecule has 4 nitrogen and oxygen atoms in total. The van der Waals surface area contributed by atoms with Crippen LogP contribution in [0.2, 0.25) is 0 Å². The van der Waals surface area contributed by atoms with Crippen molar-refractivity contribution in [3.63, 3.8) is 0 Å². The number of aromatic amines is 1. The molecule has 0 aliphatic carbocycles. The quantitative estimate of drug-likeness (QED) is 0.629. The highest BCUT2D eigenvalue weighted by Gasteiger charge is 1.99. The Morgan fingerprint density at radius 2 is 2.60 bits per heavy atom. The second kappa shape index (κ2) is 1.98. The first-order valence-corrected chi connectivity index (χ1v) is 2.77. The molecule has 0 atom stereocenters. The van der Waals surface area contributed by atoms with E-state index in [9.17, 15) is 0 Å². The van der Waals surface area contributed by atoms with Gasteiger partial charge in [-0.15, -0.1) is 0 Å². The van der Waals surface area contributed by atoms with Gasteiger partial charge < -0.3 is 4.42 Å². The van der Waals surface area contributed by atoms with Crippen LogP contribution in [-0.2, 0) is 0 Å². The molecule has 0 aliphatic heterocycles. The minimum absolute atomic E-state index is 0.744. The molecule has 10 heavy (non-hydrogen) atoms. The first kappa shape index (κ1) is 5.22. The zero-order valence-corrected chi connectivity index (χ0v) is 5.03. The van der Waals surface area contributed by atoms with Crippen LogP contribution < -0.4 is 0 Å². The van der Waals surface area contributed by atoms with E-state index in [-0.39, 0.29) is 0 Å². The Bertz CT molecular complexity index is 252. The minimum Gasteiger partial charge on any atom is -0.440 e. The third-order valence-electron chi connectivity index (χ3n) is 1.18. The third kappa shape index (κ3) is 0.699. The molecule has 1 N–H and O–H groups in total. The van der Waals surface area contributed by atoms with Crippen LogP contribution >= 0.6 is 0 Å². The van der Waals surface area contributed by atoms with Crippen LogP contribution in [0.1, 0.15) is 0 Å². The van der Waals surface area contributed by atoms with Crippen molar-refractivity contribution in [3.8, 4) is 11.3 Å². The SMILES string of the molecule is [c]1nc(-c2cn[nH]c2)co1. The van der Waals surface area contributed by atoms with Gasteiger partial charge in [0.25, 0.3) is 6.39 Å². The number of hydrogen-bond donors (Lipinski definition) is 1. The normalized spacial score (nSPS) is 10.0. The number of rotatable bonds is 1. The maximum absolute atomic E-state index is 4.66.